The standard InChI is InChI=1S/C21H27N3O3S/c1-13-7-5-6-8-16(13)18-11-24(14(2)12-27-18)19(25)10-9-17-15(3)22-21(28-4)23-20(17)26/h5-8,14,18H,9-12H2,1-4H3,(H,22,23,26)/t14-,18+/m1/s1. The Kier molecular flexibility index (Phi) is 6.57. The molecule has 0 radical (unpaired) electrons. The maximum absolute atomic E-state index is 12.9. The number of morpholine rings is 1. The molecular formula is C21H27N3O3S. The summed E-state index contributed by atoms with van der Waals surface area (Å²) >= 11 is 1.40. The van der Waals surface area contributed by atoms with Crippen LogP contribution in [-0.4, -0.2) is 46.2 Å². The van der Waals surface area contributed by atoms with Crippen LogP contribution in [0.2, 0.25) is 0 Å². The first-order valence-electron chi connectivity index (χ1n) is 9.51. The predicted octanol–water partition coefficient (Wildman–Crippen LogP) is 3.03. The highest BCUT2D eigenvalue weighted by molar-refractivity contribution is 7.98. The molecule has 1 aliphatic heterocycles. The number of benzene rings is 1. The Labute approximate surface area is 169 Å². The van der Waals surface area contributed by atoms with Gasteiger partial charge in [0, 0.05) is 17.7 Å². The van der Waals surface area contributed by atoms with Gasteiger partial charge in [0.1, 0.15) is 6.10 Å². The summed E-state index contributed by atoms with van der Waals surface area (Å²) in [5.41, 5.74) is 3.40. The highest BCUT2D eigenvalue weighted by Crippen LogP contribution is 2.27. The lowest BCUT2D eigenvalue weighted by Crippen LogP contribution is -2.48. The highest BCUT2D eigenvalue weighted by atomic mass is 32.2. The first-order chi connectivity index (χ1) is 13.4. The van der Waals surface area contributed by atoms with Gasteiger partial charge in [0.25, 0.3) is 5.56 Å². The quantitative estimate of drug-likeness (QED) is 0.616. The largest absolute Gasteiger partial charge is 0.370 e. The van der Waals surface area contributed by atoms with Gasteiger partial charge in [-0.3, -0.25) is 9.59 Å². The normalized spacial score (nSPS) is 19.6. The van der Waals surface area contributed by atoms with Crippen molar-refractivity contribution in [2.45, 2.75) is 50.9 Å². The molecule has 6 nitrogen and oxygen atoms in total. The summed E-state index contributed by atoms with van der Waals surface area (Å²) in [5, 5.41) is 0.598. The van der Waals surface area contributed by atoms with Gasteiger partial charge in [-0.15, -0.1) is 0 Å². The summed E-state index contributed by atoms with van der Waals surface area (Å²) in [6.07, 6.45) is 2.43. The highest BCUT2D eigenvalue weighted by Gasteiger charge is 2.31. The van der Waals surface area contributed by atoms with Crippen molar-refractivity contribution in [2.24, 2.45) is 0 Å². The van der Waals surface area contributed by atoms with Gasteiger partial charge >= 0.3 is 0 Å². The van der Waals surface area contributed by atoms with Gasteiger partial charge in [-0.2, -0.15) is 0 Å². The molecule has 0 unspecified atom stereocenters. The first kappa shape index (κ1) is 20.6. The van der Waals surface area contributed by atoms with Crippen LogP contribution in [0.15, 0.2) is 34.2 Å². The second-order valence-corrected chi connectivity index (χ2v) is 8.01. The van der Waals surface area contributed by atoms with Crippen LogP contribution in [0.5, 0.6) is 0 Å². The molecule has 2 atom stereocenters. The molecule has 1 N–H and O–H groups in total. The van der Waals surface area contributed by atoms with Gasteiger partial charge < -0.3 is 14.6 Å². The van der Waals surface area contributed by atoms with Gasteiger partial charge in [-0.05, 0) is 44.6 Å². The van der Waals surface area contributed by atoms with Crippen LogP contribution in [-0.2, 0) is 16.0 Å². The second kappa shape index (κ2) is 8.92. The third-order valence-electron chi connectivity index (χ3n) is 5.27. The minimum atomic E-state index is -0.155. The molecule has 1 saturated heterocycles. The van der Waals surface area contributed by atoms with Crippen molar-refractivity contribution in [2.75, 3.05) is 19.4 Å². The molecule has 7 heteroatoms. The number of carbonyl (C=O) groups excluding carboxylic acids is 1. The summed E-state index contributed by atoms with van der Waals surface area (Å²) in [7, 11) is 0. The van der Waals surface area contributed by atoms with Crippen LogP contribution in [0, 0.1) is 13.8 Å². The summed E-state index contributed by atoms with van der Waals surface area (Å²) < 4.78 is 6.00. The van der Waals surface area contributed by atoms with Crippen LogP contribution in [0.3, 0.4) is 0 Å². The fourth-order valence-electron chi connectivity index (χ4n) is 3.59. The molecule has 28 heavy (non-hydrogen) atoms. The number of aromatic nitrogens is 2. The smallest absolute Gasteiger partial charge is 0.254 e. The van der Waals surface area contributed by atoms with E-state index >= 15 is 0 Å². The zero-order chi connectivity index (χ0) is 20.3. The molecule has 1 aromatic carbocycles. The summed E-state index contributed by atoms with van der Waals surface area (Å²) in [5.74, 6) is 0.0436. The van der Waals surface area contributed by atoms with Crippen LogP contribution in [0.4, 0.5) is 0 Å². The molecule has 3 rings (SSSR count). The molecule has 1 aliphatic rings. The van der Waals surface area contributed by atoms with Crippen LogP contribution in [0.1, 0.15) is 41.8 Å². The van der Waals surface area contributed by atoms with Crippen molar-refractivity contribution in [3.8, 4) is 0 Å². The Balaban J connectivity index is 1.70. The lowest BCUT2D eigenvalue weighted by atomic mass is 10.0. The average molecular weight is 402 g/mol. The van der Waals surface area contributed by atoms with E-state index in [1.54, 1.807) is 0 Å². The van der Waals surface area contributed by atoms with E-state index in [-0.39, 0.29) is 30.0 Å². The number of H-pyrrole nitrogens is 1. The van der Waals surface area contributed by atoms with Crippen molar-refractivity contribution < 1.29 is 9.53 Å². The zero-order valence-electron chi connectivity index (χ0n) is 16.8. The van der Waals surface area contributed by atoms with E-state index < -0.39 is 0 Å². The topological polar surface area (TPSA) is 75.3 Å². The van der Waals surface area contributed by atoms with Crippen molar-refractivity contribution >= 4 is 17.7 Å². The Morgan fingerprint density at radius 1 is 1.36 bits per heavy atom. The third kappa shape index (κ3) is 4.47. The maximum Gasteiger partial charge on any atom is 0.254 e. The molecule has 1 fully saturated rings. The molecule has 0 saturated carbocycles. The Morgan fingerprint density at radius 3 is 2.79 bits per heavy atom. The number of ether oxygens (including phenoxy) is 1. The van der Waals surface area contributed by atoms with E-state index in [0.717, 1.165) is 11.1 Å². The van der Waals surface area contributed by atoms with Gasteiger partial charge in [0.05, 0.1) is 19.2 Å². The molecule has 0 spiro atoms. The van der Waals surface area contributed by atoms with E-state index in [0.29, 0.717) is 36.0 Å². The van der Waals surface area contributed by atoms with E-state index in [9.17, 15) is 9.59 Å². The zero-order valence-corrected chi connectivity index (χ0v) is 17.6. The van der Waals surface area contributed by atoms with E-state index in [2.05, 4.69) is 29.0 Å². The van der Waals surface area contributed by atoms with Gasteiger partial charge in [0.15, 0.2) is 5.16 Å². The van der Waals surface area contributed by atoms with Crippen molar-refractivity contribution in [3.05, 3.63) is 57.0 Å². The summed E-state index contributed by atoms with van der Waals surface area (Å²) in [6, 6.07) is 8.13. The third-order valence-corrected chi connectivity index (χ3v) is 5.85. The number of thioether (sulfide) groups is 1. The lowest BCUT2D eigenvalue weighted by Gasteiger charge is -2.38. The van der Waals surface area contributed by atoms with Crippen molar-refractivity contribution in [1.29, 1.82) is 0 Å². The Bertz CT molecular complexity index is 912. The van der Waals surface area contributed by atoms with Crippen molar-refractivity contribution in [1.82, 2.24) is 14.9 Å². The summed E-state index contributed by atoms with van der Waals surface area (Å²) in [6.45, 7) is 6.92. The fraction of sp³-hybridized carbons (Fsp3) is 0.476. The number of carbonyl (C=O) groups is 1. The van der Waals surface area contributed by atoms with Crippen LogP contribution in [0.25, 0.3) is 0 Å². The SMILES string of the molecule is CSc1nc(C)c(CCC(=O)N2C[C@@H](c3ccccc3C)OC[C@H]2C)c(=O)[nH]1. The lowest BCUT2D eigenvalue weighted by molar-refractivity contribution is -0.144. The molecule has 1 aromatic heterocycles. The maximum atomic E-state index is 12.9. The monoisotopic (exact) mass is 401 g/mol. The molecule has 2 heterocycles. The van der Waals surface area contributed by atoms with Gasteiger partial charge in [-0.1, -0.05) is 36.0 Å². The minimum Gasteiger partial charge on any atom is -0.370 e. The van der Waals surface area contributed by atoms with E-state index in [1.165, 1.54) is 11.8 Å². The number of rotatable bonds is 5. The van der Waals surface area contributed by atoms with Crippen LogP contribution >= 0.6 is 11.8 Å². The van der Waals surface area contributed by atoms with Gasteiger partial charge in [0.2, 0.25) is 5.91 Å². The summed E-state index contributed by atoms with van der Waals surface area (Å²) in [4.78, 5) is 34.2. The number of hydrogen-bond donors (Lipinski definition) is 1. The predicted molar refractivity (Wildman–Crippen MR) is 111 cm³/mol. The van der Waals surface area contributed by atoms with E-state index in [1.807, 2.05) is 37.1 Å². The Morgan fingerprint density at radius 2 is 2.11 bits per heavy atom. The fourth-order valence-corrected chi connectivity index (χ4v) is 4.01. The number of aryl methyl sites for hydroxylation is 2. The molecule has 2 aromatic rings. The first-order valence-corrected chi connectivity index (χ1v) is 10.7. The number of aromatic amines is 1. The average Bonchev–Trinajstić information content (AvgIpc) is 2.68. The number of hydrogen-bond acceptors (Lipinski definition) is 5. The number of nitrogens with zero attached hydrogens (tertiary/aromatic N) is 2. The molecular weight excluding hydrogens is 374 g/mol. The Hall–Kier alpha value is -2.12. The van der Waals surface area contributed by atoms with E-state index in [4.69, 9.17) is 4.74 Å². The number of nitrogens with one attached hydrogen (secondary N) is 1. The second-order valence-electron chi connectivity index (χ2n) is 7.21. The minimum absolute atomic E-state index is 0.0177. The van der Waals surface area contributed by atoms with Crippen LogP contribution < -0.4 is 5.56 Å². The molecule has 1 amide bonds. The molecule has 0 aliphatic carbocycles. The van der Waals surface area contributed by atoms with Crippen molar-refractivity contribution in [3.63, 3.8) is 0 Å². The molecule has 150 valence electrons. The number of amides is 1. The van der Waals surface area contributed by atoms with Gasteiger partial charge in [-0.25, -0.2) is 4.98 Å². The molecule has 0 bridgehead atoms.